The second kappa shape index (κ2) is 7.38. The van der Waals surface area contributed by atoms with Crippen LogP contribution in [0.2, 0.25) is 0 Å². The number of benzene rings is 1. The Morgan fingerprint density at radius 2 is 2.00 bits per heavy atom. The lowest BCUT2D eigenvalue weighted by Crippen LogP contribution is -2.33. The van der Waals surface area contributed by atoms with Gasteiger partial charge in [0.25, 0.3) is 0 Å². The van der Waals surface area contributed by atoms with Gasteiger partial charge in [0.1, 0.15) is 16.9 Å². The first-order valence-corrected chi connectivity index (χ1v) is 7.28. The monoisotopic (exact) mass is 329 g/mol. The van der Waals surface area contributed by atoms with Gasteiger partial charge >= 0.3 is 6.09 Å². The quantitative estimate of drug-likeness (QED) is 0.841. The maximum Gasteiger partial charge on any atom is 0.407 e. The number of para-hydroxylation sites is 1. The molecule has 1 aromatic rings. The van der Waals surface area contributed by atoms with Crippen LogP contribution in [0.4, 0.5) is 4.79 Å². The van der Waals surface area contributed by atoms with E-state index in [1.165, 1.54) is 0 Å². The molecule has 0 spiro atoms. The van der Waals surface area contributed by atoms with Crippen molar-refractivity contribution in [3.63, 3.8) is 0 Å². The summed E-state index contributed by atoms with van der Waals surface area (Å²) in [7, 11) is 0. The van der Waals surface area contributed by atoms with E-state index in [1.54, 1.807) is 0 Å². The minimum Gasteiger partial charge on any atom is -0.482 e. The summed E-state index contributed by atoms with van der Waals surface area (Å²) in [6.45, 7) is 6.03. The summed E-state index contributed by atoms with van der Waals surface area (Å²) in [5.74, 6) is 0.824. The molecule has 19 heavy (non-hydrogen) atoms. The highest BCUT2D eigenvalue weighted by Crippen LogP contribution is 2.18. The number of hydrogen-bond donors (Lipinski definition) is 1. The lowest BCUT2D eigenvalue weighted by Gasteiger charge is -2.19. The summed E-state index contributed by atoms with van der Waals surface area (Å²) in [6.07, 6.45) is 0.300. The number of alkyl halides is 1. The Labute approximate surface area is 122 Å². The molecule has 0 heterocycles. The molecule has 1 aromatic carbocycles. The third-order valence-corrected chi connectivity index (χ3v) is 2.47. The van der Waals surface area contributed by atoms with Crippen molar-refractivity contribution in [1.29, 1.82) is 0 Å². The lowest BCUT2D eigenvalue weighted by atomic mass is 10.1. The highest BCUT2D eigenvalue weighted by atomic mass is 79.9. The Morgan fingerprint density at radius 3 is 2.63 bits per heavy atom. The van der Waals surface area contributed by atoms with Gasteiger partial charge in [0.05, 0.1) is 0 Å². The number of nitrogens with one attached hydrogen (secondary N) is 1. The van der Waals surface area contributed by atoms with Gasteiger partial charge in [0, 0.05) is 6.54 Å². The topological polar surface area (TPSA) is 47.6 Å². The lowest BCUT2D eigenvalue weighted by molar-refractivity contribution is 0.0528. The van der Waals surface area contributed by atoms with E-state index >= 15 is 0 Å². The van der Waals surface area contributed by atoms with Gasteiger partial charge in [0.15, 0.2) is 0 Å². The molecular weight excluding hydrogens is 310 g/mol. The zero-order valence-corrected chi connectivity index (χ0v) is 13.1. The molecule has 0 aromatic heterocycles. The predicted octanol–water partition coefficient (Wildman–Crippen LogP) is 3.49. The van der Waals surface area contributed by atoms with E-state index in [-0.39, 0.29) is 0 Å². The van der Waals surface area contributed by atoms with Gasteiger partial charge in [-0.05, 0) is 54.8 Å². The van der Waals surface area contributed by atoms with Crippen LogP contribution in [0, 0.1) is 0 Å². The van der Waals surface area contributed by atoms with Gasteiger partial charge in [-0.2, -0.15) is 0 Å². The number of ether oxygens (including phenoxy) is 2. The number of hydrogen-bond acceptors (Lipinski definition) is 3. The van der Waals surface area contributed by atoms with E-state index in [0.29, 0.717) is 18.5 Å². The maximum absolute atomic E-state index is 11.5. The number of amides is 1. The highest BCUT2D eigenvalue weighted by Gasteiger charge is 2.15. The van der Waals surface area contributed by atoms with Crippen molar-refractivity contribution in [1.82, 2.24) is 5.32 Å². The first-order chi connectivity index (χ1) is 8.92. The van der Waals surface area contributed by atoms with Gasteiger partial charge in [-0.1, -0.05) is 18.2 Å². The van der Waals surface area contributed by atoms with E-state index < -0.39 is 11.7 Å². The Morgan fingerprint density at radius 1 is 1.32 bits per heavy atom. The molecular formula is C14H20BrNO3. The molecule has 0 unspecified atom stereocenters. The standard InChI is InChI=1S/C14H20BrNO3/c1-14(2,3)19-13(17)16-9-8-11-6-4-5-7-12(11)18-10-15/h4-7H,8-10H2,1-3H3,(H,16,17). The van der Waals surface area contributed by atoms with Crippen molar-refractivity contribution < 1.29 is 14.3 Å². The molecule has 1 N–H and O–H groups in total. The number of rotatable bonds is 5. The summed E-state index contributed by atoms with van der Waals surface area (Å²) >= 11 is 3.23. The first kappa shape index (κ1) is 15.8. The number of carbonyl (C=O) groups excluding carboxylic acids is 1. The minimum atomic E-state index is -0.471. The summed E-state index contributed by atoms with van der Waals surface area (Å²) < 4.78 is 10.6. The fourth-order valence-corrected chi connectivity index (χ4v) is 1.77. The molecule has 0 saturated heterocycles. The number of alkyl carbamates (subject to hydrolysis) is 1. The number of carbonyl (C=O) groups is 1. The SMILES string of the molecule is CC(C)(C)OC(=O)NCCc1ccccc1OCBr. The molecule has 0 radical (unpaired) electrons. The van der Waals surface area contributed by atoms with Crippen molar-refractivity contribution in [2.24, 2.45) is 0 Å². The van der Waals surface area contributed by atoms with E-state index in [1.807, 2.05) is 45.0 Å². The first-order valence-electron chi connectivity index (χ1n) is 6.16. The summed E-state index contributed by atoms with van der Waals surface area (Å²) in [4.78, 5) is 11.5. The van der Waals surface area contributed by atoms with Gasteiger partial charge in [-0.3, -0.25) is 0 Å². The molecule has 5 heteroatoms. The van der Waals surface area contributed by atoms with Gasteiger partial charge in [-0.25, -0.2) is 4.79 Å². The van der Waals surface area contributed by atoms with Crippen LogP contribution in [-0.2, 0) is 11.2 Å². The normalized spacial score (nSPS) is 10.9. The molecule has 0 atom stereocenters. The van der Waals surface area contributed by atoms with Crippen molar-refractivity contribution in [2.45, 2.75) is 32.8 Å². The second-order valence-electron chi connectivity index (χ2n) is 5.04. The van der Waals surface area contributed by atoms with Crippen LogP contribution >= 0.6 is 15.9 Å². The molecule has 0 aliphatic heterocycles. The van der Waals surface area contributed by atoms with Crippen LogP contribution in [0.25, 0.3) is 0 Å². The predicted molar refractivity (Wildman–Crippen MR) is 78.8 cm³/mol. The minimum absolute atomic E-state index is 0.397. The Bertz CT molecular complexity index is 415. The zero-order valence-electron chi connectivity index (χ0n) is 11.5. The van der Waals surface area contributed by atoms with Crippen LogP contribution in [0.1, 0.15) is 26.3 Å². The molecule has 0 fully saturated rings. The molecule has 4 nitrogen and oxygen atoms in total. The zero-order chi connectivity index (χ0) is 14.3. The second-order valence-corrected chi connectivity index (χ2v) is 5.50. The maximum atomic E-state index is 11.5. The average Bonchev–Trinajstić information content (AvgIpc) is 2.29. The average molecular weight is 330 g/mol. The fraction of sp³-hybridized carbons (Fsp3) is 0.500. The third-order valence-electron chi connectivity index (χ3n) is 2.25. The number of halogens is 1. The molecule has 106 valence electrons. The molecule has 1 rings (SSSR count). The van der Waals surface area contributed by atoms with E-state index in [4.69, 9.17) is 9.47 Å². The van der Waals surface area contributed by atoms with E-state index in [2.05, 4.69) is 21.2 Å². The van der Waals surface area contributed by atoms with Gasteiger partial charge < -0.3 is 14.8 Å². The van der Waals surface area contributed by atoms with Crippen LogP contribution in [0.5, 0.6) is 5.75 Å². The Balaban J connectivity index is 2.43. The van der Waals surface area contributed by atoms with Crippen molar-refractivity contribution >= 4 is 22.0 Å². The Hall–Kier alpha value is -1.23. The third kappa shape index (κ3) is 6.47. The van der Waals surface area contributed by atoms with Crippen molar-refractivity contribution in [3.05, 3.63) is 29.8 Å². The Kier molecular flexibility index (Phi) is 6.15. The van der Waals surface area contributed by atoms with Crippen molar-refractivity contribution in [3.8, 4) is 5.75 Å². The smallest absolute Gasteiger partial charge is 0.407 e. The summed E-state index contributed by atoms with van der Waals surface area (Å²) in [5.41, 5.74) is 1.03. The molecule has 0 saturated carbocycles. The van der Waals surface area contributed by atoms with Crippen molar-refractivity contribution in [2.75, 3.05) is 12.1 Å². The largest absolute Gasteiger partial charge is 0.482 e. The fourth-order valence-electron chi connectivity index (χ4n) is 1.52. The van der Waals surface area contributed by atoms with Gasteiger partial charge in [-0.15, -0.1) is 0 Å². The van der Waals surface area contributed by atoms with Crippen LogP contribution in [0.3, 0.4) is 0 Å². The summed E-state index contributed by atoms with van der Waals surface area (Å²) in [5, 5.41) is 2.73. The highest BCUT2D eigenvalue weighted by molar-refractivity contribution is 9.09. The molecule has 0 bridgehead atoms. The molecule has 0 aliphatic carbocycles. The summed E-state index contributed by atoms with van der Waals surface area (Å²) in [6, 6.07) is 7.76. The van der Waals surface area contributed by atoms with Crippen LogP contribution in [0.15, 0.2) is 24.3 Å². The van der Waals surface area contributed by atoms with Crippen LogP contribution < -0.4 is 10.1 Å². The molecule has 1 amide bonds. The molecule has 0 aliphatic rings. The van der Waals surface area contributed by atoms with E-state index in [0.717, 1.165) is 11.3 Å². The van der Waals surface area contributed by atoms with Crippen LogP contribution in [-0.4, -0.2) is 23.8 Å². The van der Waals surface area contributed by atoms with Gasteiger partial charge in [0.2, 0.25) is 0 Å². The van der Waals surface area contributed by atoms with E-state index in [9.17, 15) is 4.79 Å².